The minimum atomic E-state index is 1.00. The smallest absolute Gasteiger partial charge is 0.0701 e. The molecule has 1 aliphatic rings. The number of hydrogen-bond donors (Lipinski definition) is 0. The van der Waals surface area contributed by atoms with Gasteiger partial charge in [0.1, 0.15) is 0 Å². The van der Waals surface area contributed by atoms with E-state index in [1.165, 1.54) is 0 Å². The molecule has 2 rings (SSSR count). The van der Waals surface area contributed by atoms with Crippen LogP contribution in [-0.2, 0) is 4.74 Å². The van der Waals surface area contributed by atoms with Gasteiger partial charge in [0, 0.05) is 0 Å². The number of ether oxygens (including phenoxy) is 1. The molecule has 2 heterocycles. The summed E-state index contributed by atoms with van der Waals surface area (Å²) in [5.41, 5.74) is 0. The molecule has 0 atom stereocenters. The average Bonchev–Trinajstić information content (AvgIpc) is 2.55. The Hall–Kier alpha value is -0.340. The Morgan fingerprint density at radius 1 is 1.12 bits per heavy atom. The molecule has 1 aromatic heterocycles. The van der Waals surface area contributed by atoms with Crippen molar-refractivity contribution < 1.29 is 4.74 Å². The van der Waals surface area contributed by atoms with Crippen LogP contribution in [0.15, 0.2) is 22.9 Å². The van der Waals surface area contributed by atoms with Crippen LogP contribution in [0, 0.1) is 0 Å². The fourth-order valence-corrected chi connectivity index (χ4v) is 0.680. The second-order valence-corrected chi connectivity index (χ2v) is 2.22. The largest absolute Gasteiger partial charge is 0.377 e. The fourth-order valence-electron chi connectivity index (χ4n) is 0.227. The Bertz CT molecular complexity index is 92.1. The molecule has 2 heteroatoms. The maximum atomic E-state index is 4.50. The number of rotatable bonds is 0. The summed E-state index contributed by atoms with van der Waals surface area (Å²) in [5.74, 6) is 0. The molecular formula is C6H8OS. The maximum absolute atomic E-state index is 4.50. The van der Waals surface area contributed by atoms with Gasteiger partial charge in [0.25, 0.3) is 0 Å². The first-order chi connectivity index (χ1) is 4.00. The topological polar surface area (TPSA) is 12.5 Å². The van der Waals surface area contributed by atoms with Gasteiger partial charge in [0.05, 0.1) is 13.2 Å². The molecule has 8 heavy (non-hydrogen) atoms. The van der Waals surface area contributed by atoms with Gasteiger partial charge in [-0.1, -0.05) is 12.1 Å². The van der Waals surface area contributed by atoms with Crippen molar-refractivity contribution in [1.29, 1.82) is 0 Å². The standard InChI is InChI=1S/C4H4S.C2H4O/c1-2-4-5-3-1;1-2-3-1/h1-4H;1-2H2. The van der Waals surface area contributed by atoms with Gasteiger partial charge >= 0.3 is 0 Å². The normalized spacial score (nSPS) is 14.0. The van der Waals surface area contributed by atoms with Crippen molar-refractivity contribution in [3.05, 3.63) is 22.9 Å². The van der Waals surface area contributed by atoms with Crippen molar-refractivity contribution in [2.24, 2.45) is 0 Å². The molecule has 0 aromatic carbocycles. The fraction of sp³-hybridized carbons (Fsp3) is 0.333. The van der Waals surface area contributed by atoms with Crippen LogP contribution in [0.25, 0.3) is 0 Å². The molecule has 0 bridgehead atoms. The first-order valence-electron chi connectivity index (χ1n) is 2.55. The Kier molecular flexibility index (Phi) is 2.63. The van der Waals surface area contributed by atoms with E-state index in [1.807, 2.05) is 22.9 Å². The van der Waals surface area contributed by atoms with E-state index in [-0.39, 0.29) is 0 Å². The van der Waals surface area contributed by atoms with E-state index in [4.69, 9.17) is 0 Å². The van der Waals surface area contributed by atoms with Crippen molar-refractivity contribution in [3.63, 3.8) is 0 Å². The molecule has 0 radical (unpaired) electrons. The van der Waals surface area contributed by atoms with Crippen LogP contribution in [0.4, 0.5) is 0 Å². The van der Waals surface area contributed by atoms with Gasteiger partial charge in [-0.05, 0) is 10.8 Å². The summed E-state index contributed by atoms with van der Waals surface area (Å²) in [4.78, 5) is 0. The second kappa shape index (κ2) is 3.64. The lowest BCUT2D eigenvalue weighted by Gasteiger charge is -1.39. The molecule has 0 N–H and O–H groups in total. The van der Waals surface area contributed by atoms with Gasteiger partial charge in [0.15, 0.2) is 0 Å². The first-order valence-corrected chi connectivity index (χ1v) is 3.49. The van der Waals surface area contributed by atoms with E-state index in [2.05, 4.69) is 4.74 Å². The summed E-state index contributed by atoms with van der Waals surface area (Å²) in [6, 6.07) is 4.04. The van der Waals surface area contributed by atoms with Crippen LogP contribution >= 0.6 is 11.3 Å². The third-order valence-corrected chi connectivity index (χ3v) is 1.26. The highest BCUT2D eigenvalue weighted by Gasteiger charge is 1.94. The van der Waals surface area contributed by atoms with Gasteiger partial charge in [0.2, 0.25) is 0 Å². The van der Waals surface area contributed by atoms with Crippen LogP contribution < -0.4 is 0 Å². The SMILES string of the molecule is C1CO1.c1ccsc1. The van der Waals surface area contributed by atoms with Gasteiger partial charge in [-0.25, -0.2) is 0 Å². The molecule has 1 aromatic rings. The lowest BCUT2D eigenvalue weighted by atomic mass is 10.7. The summed E-state index contributed by atoms with van der Waals surface area (Å²) in [6.07, 6.45) is 0. The highest BCUT2D eigenvalue weighted by Crippen LogP contribution is 1.91. The zero-order chi connectivity index (χ0) is 5.66. The van der Waals surface area contributed by atoms with Crippen molar-refractivity contribution in [1.82, 2.24) is 0 Å². The predicted octanol–water partition coefficient (Wildman–Crippen LogP) is 1.76. The zero-order valence-electron chi connectivity index (χ0n) is 4.54. The summed E-state index contributed by atoms with van der Waals surface area (Å²) in [6.45, 7) is 2.00. The molecular weight excluding hydrogens is 120 g/mol. The Morgan fingerprint density at radius 3 is 1.75 bits per heavy atom. The van der Waals surface area contributed by atoms with Crippen molar-refractivity contribution in [3.8, 4) is 0 Å². The summed E-state index contributed by atoms with van der Waals surface area (Å²) in [5, 5.41) is 4.08. The molecule has 0 amide bonds. The quantitative estimate of drug-likeness (QED) is 0.485. The van der Waals surface area contributed by atoms with Crippen LogP contribution in [0.1, 0.15) is 0 Å². The van der Waals surface area contributed by atoms with Crippen LogP contribution in [0.3, 0.4) is 0 Å². The highest BCUT2D eigenvalue weighted by molar-refractivity contribution is 7.07. The van der Waals surface area contributed by atoms with Crippen LogP contribution in [0.5, 0.6) is 0 Å². The Morgan fingerprint density at radius 2 is 1.62 bits per heavy atom. The third-order valence-electron chi connectivity index (χ3n) is 0.630. The number of epoxide rings is 1. The predicted molar refractivity (Wildman–Crippen MR) is 35.1 cm³/mol. The van der Waals surface area contributed by atoms with Crippen molar-refractivity contribution in [2.75, 3.05) is 13.2 Å². The van der Waals surface area contributed by atoms with Crippen LogP contribution in [0.2, 0.25) is 0 Å². The van der Waals surface area contributed by atoms with E-state index in [9.17, 15) is 0 Å². The lowest BCUT2D eigenvalue weighted by Crippen LogP contribution is -1.20. The minimum Gasteiger partial charge on any atom is -0.377 e. The molecule has 0 spiro atoms. The molecule has 1 saturated heterocycles. The van der Waals surface area contributed by atoms with E-state index in [0.717, 1.165) is 13.2 Å². The Labute approximate surface area is 52.9 Å². The molecule has 0 aliphatic carbocycles. The van der Waals surface area contributed by atoms with Gasteiger partial charge in [-0.3, -0.25) is 0 Å². The van der Waals surface area contributed by atoms with E-state index < -0.39 is 0 Å². The summed E-state index contributed by atoms with van der Waals surface area (Å²) in [7, 11) is 0. The Balaban J connectivity index is 0.0000000907. The summed E-state index contributed by atoms with van der Waals surface area (Å²) >= 11 is 1.71. The maximum Gasteiger partial charge on any atom is 0.0701 e. The second-order valence-electron chi connectivity index (χ2n) is 1.41. The molecule has 44 valence electrons. The van der Waals surface area contributed by atoms with Gasteiger partial charge in [-0.15, -0.1) is 0 Å². The monoisotopic (exact) mass is 128 g/mol. The number of hydrogen-bond acceptors (Lipinski definition) is 2. The van der Waals surface area contributed by atoms with Crippen molar-refractivity contribution in [2.45, 2.75) is 0 Å². The van der Waals surface area contributed by atoms with Gasteiger partial charge in [-0.2, -0.15) is 11.3 Å². The first kappa shape index (κ1) is 5.79. The molecule has 1 fully saturated rings. The third kappa shape index (κ3) is 3.84. The van der Waals surface area contributed by atoms with Crippen molar-refractivity contribution >= 4 is 11.3 Å². The number of thiophene rings is 1. The molecule has 1 nitrogen and oxygen atoms in total. The lowest BCUT2D eigenvalue weighted by molar-refractivity contribution is 0.475. The molecule has 0 unspecified atom stereocenters. The van der Waals surface area contributed by atoms with E-state index in [1.54, 1.807) is 11.3 Å². The minimum absolute atomic E-state index is 1.00. The van der Waals surface area contributed by atoms with Gasteiger partial charge < -0.3 is 4.74 Å². The highest BCUT2D eigenvalue weighted by atomic mass is 32.1. The van der Waals surface area contributed by atoms with E-state index >= 15 is 0 Å². The van der Waals surface area contributed by atoms with E-state index in [0.29, 0.717) is 0 Å². The molecule has 1 aliphatic heterocycles. The van der Waals surface area contributed by atoms with Crippen LogP contribution in [-0.4, -0.2) is 13.2 Å². The summed E-state index contributed by atoms with van der Waals surface area (Å²) < 4.78 is 4.50. The zero-order valence-corrected chi connectivity index (χ0v) is 5.36. The average molecular weight is 128 g/mol. The molecule has 0 saturated carbocycles.